The molecule has 27 heavy (non-hydrogen) atoms. The summed E-state index contributed by atoms with van der Waals surface area (Å²) in [5, 5.41) is 17.5. The van der Waals surface area contributed by atoms with Crippen molar-refractivity contribution in [1.29, 1.82) is 5.26 Å². The molecule has 2 aromatic rings. The lowest BCUT2D eigenvalue weighted by molar-refractivity contribution is 0.101. The van der Waals surface area contributed by atoms with Crippen molar-refractivity contribution in [3.63, 3.8) is 0 Å². The number of nitrogens with zero attached hydrogens (tertiary/aromatic N) is 3. The van der Waals surface area contributed by atoms with Gasteiger partial charge in [0.25, 0.3) is 5.91 Å². The molecule has 0 fully saturated rings. The van der Waals surface area contributed by atoms with Gasteiger partial charge >= 0.3 is 0 Å². The first-order chi connectivity index (χ1) is 12.8. The van der Waals surface area contributed by atoms with E-state index in [4.69, 9.17) is 0 Å². The Bertz CT molecular complexity index is 906. The maximum atomic E-state index is 12.8. The van der Waals surface area contributed by atoms with Gasteiger partial charge < -0.3 is 5.32 Å². The monoisotopic (exact) mass is 448 g/mol. The highest BCUT2D eigenvalue weighted by atomic mass is 79.9. The number of rotatable bonds is 5. The molecule has 0 aliphatic heterocycles. The van der Waals surface area contributed by atoms with Crippen molar-refractivity contribution < 1.29 is 4.79 Å². The van der Waals surface area contributed by atoms with Crippen LogP contribution in [-0.2, 0) is 19.4 Å². The maximum Gasteiger partial charge on any atom is 0.275 e. The Morgan fingerprint density at radius 1 is 1.52 bits per heavy atom. The van der Waals surface area contributed by atoms with E-state index in [1.54, 1.807) is 22.2 Å². The number of fused-ring (bicyclic) bond motifs is 1. The molecule has 0 unspecified atom stereocenters. The van der Waals surface area contributed by atoms with Crippen molar-refractivity contribution in [2.45, 2.75) is 59.9 Å². The van der Waals surface area contributed by atoms with Crippen LogP contribution in [0.5, 0.6) is 0 Å². The van der Waals surface area contributed by atoms with Gasteiger partial charge in [-0.15, -0.1) is 11.3 Å². The highest BCUT2D eigenvalue weighted by Crippen LogP contribution is 2.45. The van der Waals surface area contributed by atoms with Gasteiger partial charge in [-0.1, -0.05) is 27.2 Å². The number of carbonyl (C=O) groups is 1. The number of carbonyl (C=O) groups excluding carboxylic acids is 1. The van der Waals surface area contributed by atoms with E-state index in [2.05, 4.69) is 53.2 Å². The highest BCUT2D eigenvalue weighted by molar-refractivity contribution is 9.10. The number of hydrogen-bond acceptors (Lipinski definition) is 4. The van der Waals surface area contributed by atoms with E-state index < -0.39 is 0 Å². The van der Waals surface area contributed by atoms with Crippen LogP contribution in [0.2, 0.25) is 0 Å². The quantitative estimate of drug-likeness (QED) is 0.665. The first-order valence-electron chi connectivity index (χ1n) is 9.39. The summed E-state index contributed by atoms with van der Waals surface area (Å²) >= 11 is 4.96. The summed E-state index contributed by atoms with van der Waals surface area (Å²) in [6.45, 7) is 9.44. The van der Waals surface area contributed by atoms with Crippen LogP contribution in [0.25, 0.3) is 0 Å². The molecule has 0 radical (unpaired) electrons. The van der Waals surface area contributed by atoms with Gasteiger partial charge in [-0.25, -0.2) is 0 Å². The molecular weight excluding hydrogens is 424 g/mol. The van der Waals surface area contributed by atoms with Crippen LogP contribution >= 0.6 is 27.3 Å². The Hall–Kier alpha value is -1.65. The van der Waals surface area contributed by atoms with Crippen LogP contribution in [0.4, 0.5) is 5.00 Å². The van der Waals surface area contributed by atoms with Gasteiger partial charge in [0.15, 0.2) is 0 Å². The van der Waals surface area contributed by atoms with E-state index in [1.807, 2.05) is 6.92 Å². The molecule has 2 aromatic heterocycles. The molecule has 0 bridgehead atoms. The van der Waals surface area contributed by atoms with Crippen LogP contribution in [0, 0.1) is 22.7 Å². The number of hydrogen-bond donors (Lipinski definition) is 1. The van der Waals surface area contributed by atoms with Crippen LogP contribution in [0.1, 0.15) is 67.0 Å². The molecule has 1 atom stereocenters. The fourth-order valence-electron chi connectivity index (χ4n) is 3.74. The zero-order valence-electron chi connectivity index (χ0n) is 16.2. The lowest BCUT2D eigenvalue weighted by Gasteiger charge is -2.36. The Labute approximate surface area is 172 Å². The number of halogens is 1. The molecule has 1 amide bonds. The van der Waals surface area contributed by atoms with Gasteiger partial charge in [0.2, 0.25) is 0 Å². The second kappa shape index (κ2) is 7.76. The third-order valence-electron chi connectivity index (χ3n) is 5.93. The van der Waals surface area contributed by atoms with Gasteiger partial charge in [-0.05, 0) is 59.0 Å². The normalized spacial score (nSPS) is 16.7. The maximum absolute atomic E-state index is 12.8. The van der Waals surface area contributed by atoms with Crippen molar-refractivity contribution in [1.82, 2.24) is 9.78 Å². The lowest BCUT2D eigenvalue weighted by Crippen LogP contribution is -2.28. The number of nitrogens with one attached hydrogen (secondary N) is 1. The van der Waals surface area contributed by atoms with Gasteiger partial charge in [0, 0.05) is 11.4 Å². The largest absolute Gasteiger partial charge is 0.311 e. The average molecular weight is 449 g/mol. The molecular formula is C20H25BrN4OS. The number of nitriles is 1. The minimum absolute atomic E-state index is 0.234. The fraction of sp³-hybridized carbons (Fsp3) is 0.550. The van der Waals surface area contributed by atoms with Gasteiger partial charge in [0.05, 0.1) is 16.2 Å². The molecule has 1 aliphatic carbocycles. The molecule has 1 N–H and O–H groups in total. The summed E-state index contributed by atoms with van der Waals surface area (Å²) in [7, 11) is 0. The molecule has 5 nitrogen and oxygen atoms in total. The van der Waals surface area contributed by atoms with Crippen LogP contribution < -0.4 is 5.32 Å². The first-order valence-corrected chi connectivity index (χ1v) is 11.0. The number of aromatic nitrogens is 2. The van der Waals surface area contributed by atoms with E-state index in [-0.39, 0.29) is 11.3 Å². The van der Waals surface area contributed by atoms with Crippen molar-refractivity contribution in [3.8, 4) is 6.07 Å². The molecule has 1 aliphatic rings. The van der Waals surface area contributed by atoms with E-state index in [1.165, 1.54) is 4.88 Å². The number of anilines is 1. The first kappa shape index (κ1) is 20.1. The molecule has 2 heterocycles. The molecule has 0 saturated heterocycles. The van der Waals surface area contributed by atoms with E-state index in [0.717, 1.165) is 31.2 Å². The minimum atomic E-state index is -0.234. The Morgan fingerprint density at radius 2 is 2.26 bits per heavy atom. The predicted molar refractivity (Wildman–Crippen MR) is 112 cm³/mol. The molecule has 0 spiro atoms. The summed E-state index contributed by atoms with van der Waals surface area (Å²) in [6, 6.07) is 2.33. The van der Waals surface area contributed by atoms with Crippen molar-refractivity contribution >= 4 is 38.2 Å². The molecule has 144 valence electrons. The molecule has 3 rings (SSSR count). The van der Waals surface area contributed by atoms with Gasteiger partial charge in [-0.3, -0.25) is 9.48 Å². The Kier molecular flexibility index (Phi) is 5.78. The highest BCUT2D eigenvalue weighted by Gasteiger charge is 2.34. The number of amides is 1. The smallest absolute Gasteiger partial charge is 0.275 e. The SMILES string of the molecule is CCn1ncc(Br)c1C(=O)Nc1sc2c(c1C#N)CC[C@H](C(C)(C)CC)C2. The second-order valence-electron chi connectivity index (χ2n) is 7.71. The van der Waals surface area contributed by atoms with Crippen LogP contribution in [0.15, 0.2) is 10.7 Å². The number of thiophene rings is 1. The second-order valence-corrected chi connectivity index (χ2v) is 9.67. The zero-order valence-corrected chi connectivity index (χ0v) is 18.6. The van der Waals surface area contributed by atoms with E-state index in [0.29, 0.717) is 33.2 Å². The van der Waals surface area contributed by atoms with Crippen molar-refractivity contribution in [2.24, 2.45) is 11.3 Å². The third-order valence-corrected chi connectivity index (χ3v) is 7.68. The van der Waals surface area contributed by atoms with Gasteiger partial charge in [-0.2, -0.15) is 10.4 Å². The Balaban J connectivity index is 1.89. The molecule has 7 heteroatoms. The summed E-state index contributed by atoms with van der Waals surface area (Å²) in [5.41, 5.74) is 2.53. The molecule has 0 saturated carbocycles. The van der Waals surface area contributed by atoms with Crippen LogP contribution in [0.3, 0.4) is 0 Å². The van der Waals surface area contributed by atoms with Crippen molar-refractivity contribution in [2.75, 3.05) is 5.32 Å². The zero-order chi connectivity index (χ0) is 19.8. The number of aryl methyl sites for hydroxylation is 1. The van der Waals surface area contributed by atoms with Gasteiger partial charge in [0.1, 0.15) is 16.8 Å². The molecule has 0 aromatic carbocycles. The summed E-state index contributed by atoms with van der Waals surface area (Å²) < 4.78 is 2.31. The standard InChI is InChI=1S/C20H25BrN4OS/c1-5-20(3,4)12-7-8-13-14(10-22)19(27-16(13)9-12)24-18(26)17-15(21)11-23-25(17)6-2/h11-12H,5-9H2,1-4H3,(H,24,26)/t12-/m0/s1. The van der Waals surface area contributed by atoms with Crippen LogP contribution in [-0.4, -0.2) is 15.7 Å². The van der Waals surface area contributed by atoms with E-state index in [9.17, 15) is 10.1 Å². The summed E-state index contributed by atoms with van der Waals surface area (Å²) in [5.74, 6) is 0.376. The average Bonchev–Trinajstić information content (AvgIpc) is 3.20. The summed E-state index contributed by atoms with van der Waals surface area (Å²) in [6.07, 6.45) is 5.76. The third kappa shape index (κ3) is 3.70. The summed E-state index contributed by atoms with van der Waals surface area (Å²) in [4.78, 5) is 14.1. The fourth-order valence-corrected chi connectivity index (χ4v) is 5.49. The Morgan fingerprint density at radius 3 is 2.89 bits per heavy atom. The topological polar surface area (TPSA) is 70.7 Å². The van der Waals surface area contributed by atoms with Crippen molar-refractivity contribution in [3.05, 3.63) is 32.4 Å². The van der Waals surface area contributed by atoms with E-state index >= 15 is 0 Å². The predicted octanol–water partition coefficient (Wildman–Crippen LogP) is 5.39. The lowest BCUT2D eigenvalue weighted by atomic mass is 9.69. The minimum Gasteiger partial charge on any atom is -0.311 e.